The Bertz CT molecular complexity index is 668. The van der Waals surface area contributed by atoms with Crippen LogP contribution in [-0.2, 0) is 4.52 Å². The lowest BCUT2D eigenvalue weighted by molar-refractivity contribution is 0.248. The Hall–Kier alpha value is -1.25. The van der Waals surface area contributed by atoms with Crippen LogP contribution in [0.5, 0.6) is 0 Å². The number of rotatable bonds is 22. The monoisotopic (exact) mass is 500 g/mol. The fourth-order valence-electron chi connectivity index (χ4n) is 4.97. The standard InChI is InChI=1S/C31H49O3P/c32-35(33)34-28-22-14-12-10-8-6-4-2-1-3-5-7-9-11-13-21-27-31(29-23-17-15-18-24-29)30-25-19-16-20-26-30/h15-20,23-26,31-33H,1-14,21-22,27-28H2. The zero-order chi connectivity index (χ0) is 24.8. The van der Waals surface area contributed by atoms with Gasteiger partial charge in [0.1, 0.15) is 0 Å². The molecule has 0 aliphatic rings. The summed E-state index contributed by atoms with van der Waals surface area (Å²) in [6.45, 7) is 0.474. The van der Waals surface area contributed by atoms with Gasteiger partial charge in [-0.2, -0.15) is 0 Å². The summed E-state index contributed by atoms with van der Waals surface area (Å²) in [5.41, 5.74) is 2.90. The highest BCUT2D eigenvalue weighted by molar-refractivity contribution is 7.39. The van der Waals surface area contributed by atoms with E-state index in [1.807, 2.05) is 0 Å². The summed E-state index contributed by atoms with van der Waals surface area (Å²) in [5, 5.41) is 0. The lowest BCUT2D eigenvalue weighted by Crippen LogP contribution is -2.01. The fraction of sp³-hybridized carbons (Fsp3) is 0.613. The van der Waals surface area contributed by atoms with Crippen LogP contribution in [0, 0.1) is 0 Å². The summed E-state index contributed by atoms with van der Waals surface area (Å²) in [4.78, 5) is 17.3. The van der Waals surface area contributed by atoms with E-state index in [2.05, 4.69) is 60.7 Å². The molecule has 0 aliphatic carbocycles. The zero-order valence-electron chi connectivity index (χ0n) is 21.8. The topological polar surface area (TPSA) is 49.7 Å². The van der Waals surface area contributed by atoms with Gasteiger partial charge >= 0.3 is 8.60 Å². The quantitative estimate of drug-likeness (QED) is 0.125. The third kappa shape index (κ3) is 15.5. The van der Waals surface area contributed by atoms with E-state index in [0.29, 0.717) is 12.5 Å². The summed E-state index contributed by atoms with van der Waals surface area (Å²) in [6.07, 6.45) is 22.4. The molecular formula is C31H49O3P. The van der Waals surface area contributed by atoms with Gasteiger partial charge in [0.15, 0.2) is 0 Å². The van der Waals surface area contributed by atoms with E-state index in [0.717, 1.165) is 12.8 Å². The van der Waals surface area contributed by atoms with Gasteiger partial charge in [-0.3, -0.25) is 0 Å². The Balaban J connectivity index is 1.38. The van der Waals surface area contributed by atoms with Crippen molar-refractivity contribution >= 4 is 8.60 Å². The summed E-state index contributed by atoms with van der Waals surface area (Å²) >= 11 is 0. The van der Waals surface area contributed by atoms with Crippen LogP contribution >= 0.6 is 8.60 Å². The molecule has 0 heterocycles. The van der Waals surface area contributed by atoms with Gasteiger partial charge in [0.05, 0.1) is 6.61 Å². The third-order valence-electron chi connectivity index (χ3n) is 7.00. The van der Waals surface area contributed by atoms with Crippen LogP contribution in [0.4, 0.5) is 0 Å². The second-order valence-electron chi connectivity index (χ2n) is 9.91. The molecule has 0 unspecified atom stereocenters. The minimum atomic E-state index is -2.16. The Morgan fingerprint density at radius 2 is 0.829 bits per heavy atom. The van der Waals surface area contributed by atoms with Gasteiger partial charge in [0, 0.05) is 5.92 Å². The van der Waals surface area contributed by atoms with Gasteiger partial charge in [0.25, 0.3) is 0 Å². The molecule has 0 bridgehead atoms. The normalized spacial score (nSPS) is 11.5. The Morgan fingerprint density at radius 3 is 1.20 bits per heavy atom. The highest BCUT2D eigenvalue weighted by Crippen LogP contribution is 2.30. The van der Waals surface area contributed by atoms with Crippen LogP contribution < -0.4 is 0 Å². The maximum absolute atomic E-state index is 8.67. The maximum atomic E-state index is 8.67. The average Bonchev–Trinajstić information content (AvgIpc) is 2.88. The first-order valence-corrected chi connectivity index (χ1v) is 15.3. The minimum absolute atomic E-state index is 0.474. The number of hydrogen-bond acceptors (Lipinski definition) is 3. The first kappa shape index (κ1) is 30.0. The van der Waals surface area contributed by atoms with E-state index < -0.39 is 8.60 Å². The lowest BCUT2D eigenvalue weighted by atomic mass is 9.87. The van der Waals surface area contributed by atoms with Crippen molar-refractivity contribution in [2.24, 2.45) is 0 Å². The van der Waals surface area contributed by atoms with Crippen molar-refractivity contribution in [3.05, 3.63) is 71.8 Å². The van der Waals surface area contributed by atoms with E-state index in [4.69, 9.17) is 14.3 Å². The summed E-state index contributed by atoms with van der Waals surface area (Å²) in [5.74, 6) is 0.527. The molecule has 0 saturated carbocycles. The fourth-order valence-corrected chi connectivity index (χ4v) is 5.26. The van der Waals surface area contributed by atoms with E-state index in [1.165, 1.54) is 107 Å². The molecule has 0 amide bonds. The van der Waals surface area contributed by atoms with Gasteiger partial charge < -0.3 is 14.3 Å². The van der Waals surface area contributed by atoms with Crippen LogP contribution in [-0.4, -0.2) is 16.4 Å². The van der Waals surface area contributed by atoms with Crippen molar-refractivity contribution in [3.8, 4) is 0 Å². The molecule has 0 aliphatic heterocycles. The Morgan fingerprint density at radius 1 is 0.486 bits per heavy atom. The van der Waals surface area contributed by atoms with E-state index in [-0.39, 0.29) is 0 Å². The summed E-state index contributed by atoms with van der Waals surface area (Å²) in [6, 6.07) is 22.0. The predicted octanol–water partition coefficient (Wildman–Crippen LogP) is 9.68. The maximum Gasteiger partial charge on any atom is 0.327 e. The van der Waals surface area contributed by atoms with Gasteiger partial charge in [-0.1, -0.05) is 157 Å². The average molecular weight is 501 g/mol. The molecular weight excluding hydrogens is 451 g/mol. The lowest BCUT2D eigenvalue weighted by Gasteiger charge is -2.18. The van der Waals surface area contributed by atoms with Crippen molar-refractivity contribution in [2.75, 3.05) is 6.61 Å². The van der Waals surface area contributed by atoms with E-state index in [1.54, 1.807) is 0 Å². The largest absolute Gasteiger partial charge is 0.328 e. The van der Waals surface area contributed by atoms with Gasteiger partial charge in [-0.05, 0) is 24.0 Å². The summed E-state index contributed by atoms with van der Waals surface area (Å²) in [7, 11) is -2.16. The minimum Gasteiger partial charge on any atom is -0.328 e. The molecule has 0 atom stereocenters. The second-order valence-corrected chi connectivity index (χ2v) is 10.7. The van der Waals surface area contributed by atoms with Gasteiger partial charge in [-0.25, -0.2) is 0 Å². The molecule has 2 N–H and O–H groups in total. The number of benzene rings is 2. The molecule has 2 aromatic carbocycles. The molecule has 0 saturated heterocycles. The van der Waals surface area contributed by atoms with Crippen molar-refractivity contribution in [2.45, 2.75) is 115 Å². The Kier molecular flexibility index (Phi) is 17.9. The molecule has 3 nitrogen and oxygen atoms in total. The first-order valence-electron chi connectivity index (χ1n) is 14.2. The van der Waals surface area contributed by atoms with Crippen molar-refractivity contribution in [1.29, 1.82) is 0 Å². The molecule has 196 valence electrons. The Labute approximate surface area is 216 Å². The van der Waals surface area contributed by atoms with Crippen molar-refractivity contribution in [1.82, 2.24) is 0 Å². The smallest absolute Gasteiger partial charge is 0.327 e. The predicted molar refractivity (Wildman–Crippen MR) is 151 cm³/mol. The van der Waals surface area contributed by atoms with E-state index in [9.17, 15) is 0 Å². The van der Waals surface area contributed by atoms with Crippen LogP contribution in [0.1, 0.15) is 126 Å². The van der Waals surface area contributed by atoms with Crippen molar-refractivity contribution in [3.63, 3.8) is 0 Å². The van der Waals surface area contributed by atoms with Crippen molar-refractivity contribution < 1.29 is 14.3 Å². The summed E-state index contributed by atoms with van der Waals surface area (Å²) < 4.78 is 4.78. The molecule has 4 heteroatoms. The molecule has 0 aromatic heterocycles. The van der Waals surface area contributed by atoms with Gasteiger partial charge in [0.2, 0.25) is 0 Å². The molecule has 0 radical (unpaired) electrons. The molecule has 2 rings (SSSR count). The SMILES string of the molecule is OP(O)OCCCCCCCCCCCCCCCCCCC(c1ccccc1)c1ccccc1. The highest BCUT2D eigenvalue weighted by Gasteiger charge is 2.13. The highest BCUT2D eigenvalue weighted by atomic mass is 31.2. The number of hydrogen-bond donors (Lipinski definition) is 2. The molecule has 35 heavy (non-hydrogen) atoms. The zero-order valence-corrected chi connectivity index (χ0v) is 22.7. The molecule has 0 spiro atoms. The number of unbranched alkanes of at least 4 members (excludes halogenated alkanes) is 15. The molecule has 2 aromatic rings. The van der Waals surface area contributed by atoms with Gasteiger partial charge in [-0.15, -0.1) is 0 Å². The van der Waals surface area contributed by atoms with Crippen LogP contribution in [0.15, 0.2) is 60.7 Å². The van der Waals surface area contributed by atoms with Crippen LogP contribution in [0.2, 0.25) is 0 Å². The van der Waals surface area contributed by atoms with Crippen LogP contribution in [0.25, 0.3) is 0 Å². The third-order valence-corrected chi connectivity index (χ3v) is 7.41. The van der Waals surface area contributed by atoms with Crippen LogP contribution in [0.3, 0.4) is 0 Å². The second kappa shape index (κ2) is 20.9. The van der Waals surface area contributed by atoms with E-state index >= 15 is 0 Å². The first-order chi connectivity index (χ1) is 17.3. The molecule has 0 fully saturated rings.